The van der Waals surface area contributed by atoms with E-state index in [0.29, 0.717) is 19.0 Å². The highest BCUT2D eigenvalue weighted by atomic mass is 16.5. The standard InChI is InChI=1S/C12H18N4O2/c1-12(4-6-16(7-5-12)11(13)17)10-14-9(18-15-10)8-2-3-8/h8H,2-7H2,1H3,(H2,13,17). The SMILES string of the molecule is CC1(c2noc(C3CC3)n2)CCN(C(N)=O)CC1. The monoisotopic (exact) mass is 250 g/mol. The fourth-order valence-corrected chi connectivity index (χ4v) is 2.42. The fourth-order valence-electron chi connectivity index (χ4n) is 2.42. The summed E-state index contributed by atoms with van der Waals surface area (Å²) in [6.45, 7) is 3.46. The van der Waals surface area contributed by atoms with Crippen LogP contribution < -0.4 is 5.73 Å². The van der Waals surface area contributed by atoms with Gasteiger partial charge in [-0.3, -0.25) is 0 Å². The van der Waals surface area contributed by atoms with Gasteiger partial charge < -0.3 is 15.2 Å². The fraction of sp³-hybridized carbons (Fsp3) is 0.750. The maximum atomic E-state index is 11.1. The van der Waals surface area contributed by atoms with Crippen LogP contribution in [-0.2, 0) is 5.41 Å². The molecule has 3 rings (SSSR count). The summed E-state index contributed by atoms with van der Waals surface area (Å²) >= 11 is 0. The summed E-state index contributed by atoms with van der Waals surface area (Å²) in [4.78, 5) is 17.3. The van der Waals surface area contributed by atoms with E-state index in [9.17, 15) is 4.79 Å². The third-order valence-electron chi connectivity index (χ3n) is 4.09. The van der Waals surface area contributed by atoms with Crippen molar-refractivity contribution < 1.29 is 9.32 Å². The number of carbonyl (C=O) groups excluding carboxylic acids is 1. The van der Waals surface area contributed by atoms with Gasteiger partial charge in [-0.05, 0) is 25.7 Å². The molecule has 0 aromatic carbocycles. The smallest absolute Gasteiger partial charge is 0.314 e. The van der Waals surface area contributed by atoms with Gasteiger partial charge in [-0.15, -0.1) is 0 Å². The lowest BCUT2D eigenvalue weighted by Crippen LogP contribution is -2.46. The molecule has 0 atom stereocenters. The maximum Gasteiger partial charge on any atom is 0.314 e. The van der Waals surface area contributed by atoms with Crippen LogP contribution >= 0.6 is 0 Å². The lowest BCUT2D eigenvalue weighted by molar-refractivity contribution is 0.166. The van der Waals surface area contributed by atoms with Crippen molar-refractivity contribution in [1.29, 1.82) is 0 Å². The first-order valence-corrected chi connectivity index (χ1v) is 6.47. The minimum absolute atomic E-state index is 0.0947. The molecule has 1 aliphatic carbocycles. The van der Waals surface area contributed by atoms with Crippen LogP contribution in [0, 0.1) is 0 Å². The molecule has 1 saturated heterocycles. The molecule has 2 heterocycles. The third kappa shape index (κ3) is 1.95. The molecule has 1 aromatic rings. The predicted octanol–water partition coefficient (Wildman–Crippen LogP) is 1.38. The molecule has 6 heteroatoms. The largest absolute Gasteiger partial charge is 0.351 e. The summed E-state index contributed by atoms with van der Waals surface area (Å²) in [6.07, 6.45) is 3.99. The van der Waals surface area contributed by atoms with Crippen molar-refractivity contribution >= 4 is 6.03 Å². The Balaban J connectivity index is 1.72. The van der Waals surface area contributed by atoms with Gasteiger partial charge >= 0.3 is 6.03 Å². The zero-order valence-corrected chi connectivity index (χ0v) is 10.6. The van der Waals surface area contributed by atoms with Crippen LogP contribution in [0.5, 0.6) is 0 Å². The first-order chi connectivity index (χ1) is 8.58. The topological polar surface area (TPSA) is 85.2 Å². The normalized spacial score (nSPS) is 23.1. The summed E-state index contributed by atoms with van der Waals surface area (Å²) < 4.78 is 5.31. The molecule has 98 valence electrons. The molecule has 0 spiro atoms. The molecule has 0 bridgehead atoms. The number of amides is 2. The van der Waals surface area contributed by atoms with Gasteiger partial charge in [-0.1, -0.05) is 12.1 Å². The first-order valence-electron chi connectivity index (χ1n) is 6.47. The lowest BCUT2D eigenvalue weighted by atomic mass is 9.80. The Morgan fingerprint density at radius 3 is 2.67 bits per heavy atom. The number of nitrogens with two attached hydrogens (primary N) is 1. The number of likely N-dealkylation sites (tertiary alicyclic amines) is 1. The van der Waals surface area contributed by atoms with Crippen molar-refractivity contribution in [2.75, 3.05) is 13.1 Å². The second kappa shape index (κ2) is 3.96. The van der Waals surface area contributed by atoms with Crippen LogP contribution in [0.4, 0.5) is 4.79 Å². The van der Waals surface area contributed by atoms with Crippen LogP contribution in [-0.4, -0.2) is 34.2 Å². The molecule has 0 unspecified atom stereocenters. The Morgan fingerprint density at radius 1 is 1.44 bits per heavy atom. The van der Waals surface area contributed by atoms with Crippen LogP contribution in [0.3, 0.4) is 0 Å². The average Bonchev–Trinajstić information content (AvgIpc) is 3.07. The Kier molecular flexibility index (Phi) is 2.53. The van der Waals surface area contributed by atoms with E-state index in [-0.39, 0.29) is 11.4 Å². The second-order valence-corrected chi connectivity index (χ2v) is 5.62. The first kappa shape index (κ1) is 11.5. The predicted molar refractivity (Wildman–Crippen MR) is 64.0 cm³/mol. The van der Waals surface area contributed by atoms with E-state index in [0.717, 1.165) is 37.4 Å². The summed E-state index contributed by atoms with van der Waals surface area (Å²) in [6, 6.07) is -0.344. The zero-order chi connectivity index (χ0) is 12.8. The molecule has 2 fully saturated rings. The minimum atomic E-state index is -0.344. The van der Waals surface area contributed by atoms with Gasteiger partial charge in [-0.2, -0.15) is 4.98 Å². The second-order valence-electron chi connectivity index (χ2n) is 5.62. The van der Waals surface area contributed by atoms with Crippen LogP contribution in [0.25, 0.3) is 0 Å². The van der Waals surface area contributed by atoms with Gasteiger partial charge in [0.15, 0.2) is 5.82 Å². The van der Waals surface area contributed by atoms with Crippen molar-refractivity contribution in [3.05, 3.63) is 11.7 Å². The third-order valence-corrected chi connectivity index (χ3v) is 4.09. The molecule has 2 aliphatic rings. The summed E-state index contributed by atoms with van der Waals surface area (Å²) in [7, 11) is 0. The molecule has 0 radical (unpaired) electrons. The van der Waals surface area contributed by atoms with Crippen molar-refractivity contribution in [2.45, 2.75) is 43.9 Å². The van der Waals surface area contributed by atoms with E-state index < -0.39 is 0 Å². The van der Waals surface area contributed by atoms with E-state index in [1.54, 1.807) is 4.90 Å². The molecule has 1 aliphatic heterocycles. The summed E-state index contributed by atoms with van der Waals surface area (Å²) in [5.74, 6) is 2.05. The number of aromatic nitrogens is 2. The van der Waals surface area contributed by atoms with E-state index in [1.165, 1.54) is 0 Å². The number of hydrogen-bond donors (Lipinski definition) is 1. The average molecular weight is 250 g/mol. The van der Waals surface area contributed by atoms with Crippen molar-refractivity contribution in [1.82, 2.24) is 15.0 Å². The highest BCUT2D eigenvalue weighted by molar-refractivity contribution is 5.72. The Bertz CT molecular complexity index is 458. The summed E-state index contributed by atoms with van der Waals surface area (Å²) in [5, 5.41) is 4.12. The lowest BCUT2D eigenvalue weighted by Gasteiger charge is -2.36. The molecule has 6 nitrogen and oxygen atoms in total. The molecule has 18 heavy (non-hydrogen) atoms. The van der Waals surface area contributed by atoms with Gasteiger partial charge in [0.05, 0.1) is 0 Å². The number of nitrogens with zero attached hydrogens (tertiary/aromatic N) is 3. The van der Waals surface area contributed by atoms with Crippen molar-refractivity contribution in [3.8, 4) is 0 Å². The molecular formula is C12H18N4O2. The molecule has 2 N–H and O–H groups in total. The number of piperidine rings is 1. The van der Waals surface area contributed by atoms with Gasteiger partial charge in [0, 0.05) is 24.4 Å². The van der Waals surface area contributed by atoms with E-state index in [2.05, 4.69) is 17.1 Å². The Hall–Kier alpha value is -1.59. The van der Waals surface area contributed by atoms with Gasteiger partial charge in [0.2, 0.25) is 5.89 Å². The molecule has 1 aromatic heterocycles. The molecule has 2 amide bonds. The Labute approximate surface area is 106 Å². The number of carbonyl (C=O) groups is 1. The maximum absolute atomic E-state index is 11.1. The zero-order valence-electron chi connectivity index (χ0n) is 10.6. The highest BCUT2D eigenvalue weighted by Crippen LogP contribution is 2.40. The Morgan fingerprint density at radius 2 is 2.11 bits per heavy atom. The van der Waals surface area contributed by atoms with Crippen LogP contribution in [0.1, 0.15) is 50.2 Å². The van der Waals surface area contributed by atoms with Crippen LogP contribution in [0.2, 0.25) is 0 Å². The highest BCUT2D eigenvalue weighted by Gasteiger charge is 2.38. The van der Waals surface area contributed by atoms with Gasteiger partial charge in [-0.25, -0.2) is 4.79 Å². The molecular weight excluding hydrogens is 232 g/mol. The number of hydrogen-bond acceptors (Lipinski definition) is 4. The van der Waals surface area contributed by atoms with Gasteiger partial charge in [0.1, 0.15) is 0 Å². The van der Waals surface area contributed by atoms with E-state index in [4.69, 9.17) is 10.3 Å². The number of primary amides is 1. The minimum Gasteiger partial charge on any atom is -0.351 e. The molecule has 1 saturated carbocycles. The van der Waals surface area contributed by atoms with Crippen molar-refractivity contribution in [3.63, 3.8) is 0 Å². The van der Waals surface area contributed by atoms with E-state index in [1.807, 2.05) is 0 Å². The van der Waals surface area contributed by atoms with E-state index >= 15 is 0 Å². The summed E-state index contributed by atoms with van der Waals surface area (Å²) in [5.41, 5.74) is 5.19. The number of rotatable bonds is 2. The number of urea groups is 1. The van der Waals surface area contributed by atoms with Gasteiger partial charge in [0.25, 0.3) is 0 Å². The van der Waals surface area contributed by atoms with Crippen LogP contribution in [0.15, 0.2) is 4.52 Å². The van der Waals surface area contributed by atoms with Crippen molar-refractivity contribution in [2.24, 2.45) is 5.73 Å². The quantitative estimate of drug-likeness (QED) is 0.859.